The molecule has 2 N–H and O–H groups in total. The van der Waals surface area contributed by atoms with Crippen molar-refractivity contribution in [1.29, 1.82) is 0 Å². The first-order valence-corrected chi connectivity index (χ1v) is 8.34. The minimum atomic E-state index is -0.461. The van der Waals surface area contributed by atoms with E-state index >= 15 is 0 Å². The molecule has 0 aliphatic heterocycles. The van der Waals surface area contributed by atoms with E-state index in [1.165, 1.54) is 12.1 Å². The molecule has 0 aromatic heterocycles. The second-order valence-corrected chi connectivity index (χ2v) is 5.92. The summed E-state index contributed by atoms with van der Waals surface area (Å²) in [5, 5.41) is 20.0. The van der Waals surface area contributed by atoms with Crippen molar-refractivity contribution in [2.75, 3.05) is 11.9 Å². The number of carbonyl (C=O) groups is 1. The lowest BCUT2D eigenvalue weighted by Gasteiger charge is -2.09. The summed E-state index contributed by atoms with van der Waals surface area (Å²) in [6.45, 7) is 1.80. The summed E-state index contributed by atoms with van der Waals surface area (Å²) in [5.74, 6) is -0.288. The highest BCUT2D eigenvalue weighted by Crippen LogP contribution is 2.22. The van der Waals surface area contributed by atoms with Crippen LogP contribution in [0.5, 0.6) is 0 Å². The van der Waals surface area contributed by atoms with E-state index in [0.717, 1.165) is 16.5 Å². The number of nitrogens with one attached hydrogen (secondary N) is 2. The van der Waals surface area contributed by atoms with Crippen LogP contribution in [0, 0.1) is 10.1 Å². The van der Waals surface area contributed by atoms with Crippen LogP contribution < -0.4 is 10.7 Å². The van der Waals surface area contributed by atoms with Gasteiger partial charge in [0.1, 0.15) is 0 Å². The molecule has 27 heavy (non-hydrogen) atoms. The maximum atomic E-state index is 12.1. The standard InChI is InChI=1S/C20H18N4O3/c1-14(15-9-11-17(12-10-15)24(26)27)22-23-20(25)13-21-19-8-4-6-16-5-2-3-7-18(16)19/h2-12,21H,13H2,1H3,(H,23,25). The number of fused-ring (bicyclic) bond motifs is 1. The van der Waals surface area contributed by atoms with E-state index < -0.39 is 4.92 Å². The number of hydrogen-bond acceptors (Lipinski definition) is 5. The number of nitro benzene ring substituents is 1. The number of rotatable bonds is 6. The highest BCUT2D eigenvalue weighted by atomic mass is 16.6. The Morgan fingerprint density at radius 2 is 1.74 bits per heavy atom. The van der Waals surface area contributed by atoms with Gasteiger partial charge in [0.25, 0.3) is 11.6 Å². The third-order valence-corrected chi connectivity index (χ3v) is 4.07. The van der Waals surface area contributed by atoms with E-state index in [2.05, 4.69) is 15.8 Å². The van der Waals surface area contributed by atoms with Crippen LogP contribution in [0.15, 0.2) is 71.8 Å². The lowest BCUT2D eigenvalue weighted by atomic mass is 10.1. The second kappa shape index (κ2) is 8.09. The lowest BCUT2D eigenvalue weighted by molar-refractivity contribution is -0.384. The molecule has 3 rings (SSSR count). The van der Waals surface area contributed by atoms with Gasteiger partial charge in [-0.2, -0.15) is 5.10 Å². The number of nitrogens with zero attached hydrogens (tertiary/aromatic N) is 2. The van der Waals surface area contributed by atoms with E-state index in [1.54, 1.807) is 19.1 Å². The van der Waals surface area contributed by atoms with E-state index in [9.17, 15) is 14.9 Å². The molecule has 0 heterocycles. The van der Waals surface area contributed by atoms with Crippen LogP contribution in [0.1, 0.15) is 12.5 Å². The summed E-state index contributed by atoms with van der Waals surface area (Å²) in [6.07, 6.45) is 0. The molecule has 0 unspecified atom stereocenters. The lowest BCUT2D eigenvalue weighted by Crippen LogP contribution is -2.26. The van der Waals surface area contributed by atoms with Crippen LogP contribution >= 0.6 is 0 Å². The van der Waals surface area contributed by atoms with Gasteiger partial charge in [0.05, 0.1) is 17.2 Å². The molecule has 7 heteroatoms. The number of nitro groups is 1. The number of anilines is 1. The van der Waals surface area contributed by atoms with Gasteiger partial charge in [-0.15, -0.1) is 0 Å². The summed E-state index contributed by atoms with van der Waals surface area (Å²) < 4.78 is 0. The third-order valence-electron chi connectivity index (χ3n) is 4.07. The molecule has 136 valence electrons. The highest BCUT2D eigenvalue weighted by Gasteiger charge is 2.07. The fourth-order valence-electron chi connectivity index (χ4n) is 2.63. The molecule has 0 atom stereocenters. The average Bonchev–Trinajstić information content (AvgIpc) is 2.70. The van der Waals surface area contributed by atoms with E-state index in [0.29, 0.717) is 11.3 Å². The molecule has 3 aromatic carbocycles. The molecule has 0 bridgehead atoms. The molecule has 0 saturated heterocycles. The molecule has 0 aliphatic rings. The van der Waals surface area contributed by atoms with Gasteiger partial charge in [0.15, 0.2) is 0 Å². The van der Waals surface area contributed by atoms with Gasteiger partial charge in [0.2, 0.25) is 0 Å². The molecule has 7 nitrogen and oxygen atoms in total. The van der Waals surface area contributed by atoms with Crippen molar-refractivity contribution in [3.63, 3.8) is 0 Å². The fraction of sp³-hybridized carbons (Fsp3) is 0.100. The molecular weight excluding hydrogens is 344 g/mol. The largest absolute Gasteiger partial charge is 0.376 e. The quantitative estimate of drug-likeness (QED) is 0.397. The minimum absolute atomic E-state index is 0.00914. The predicted molar refractivity (Wildman–Crippen MR) is 106 cm³/mol. The molecule has 0 aliphatic carbocycles. The summed E-state index contributed by atoms with van der Waals surface area (Å²) in [5.41, 5.74) is 4.63. The SMILES string of the molecule is CC(=NNC(=O)CNc1cccc2ccccc12)c1ccc([N+](=O)[O-])cc1. The van der Waals surface area contributed by atoms with Crippen LogP contribution in [-0.2, 0) is 4.79 Å². The van der Waals surface area contributed by atoms with Crippen molar-refractivity contribution in [3.8, 4) is 0 Å². The van der Waals surface area contributed by atoms with Crippen LogP contribution in [0.4, 0.5) is 11.4 Å². The van der Waals surface area contributed by atoms with Gasteiger partial charge >= 0.3 is 0 Å². The summed E-state index contributed by atoms with van der Waals surface area (Å²) in [4.78, 5) is 22.3. The van der Waals surface area contributed by atoms with Crippen molar-refractivity contribution >= 4 is 33.8 Å². The van der Waals surface area contributed by atoms with Crippen molar-refractivity contribution < 1.29 is 9.72 Å². The first-order chi connectivity index (χ1) is 13.0. The Morgan fingerprint density at radius 1 is 1.04 bits per heavy atom. The maximum Gasteiger partial charge on any atom is 0.269 e. The number of hydrazone groups is 1. The maximum absolute atomic E-state index is 12.1. The van der Waals surface area contributed by atoms with Crippen LogP contribution in [0.3, 0.4) is 0 Å². The monoisotopic (exact) mass is 362 g/mol. The summed E-state index contributed by atoms with van der Waals surface area (Å²) in [7, 11) is 0. The Morgan fingerprint density at radius 3 is 2.48 bits per heavy atom. The molecule has 3 aromatic rings. The summed E-state index contributed by atoms with van der Waals surface area (Å²) >= 11 is 0. The van der Waals surface area contributed by atoms with Gasteiger partial charge in [-0.1, -0.05) is 36.4 Å². The molecule has 0 saturated carbocycles. The topological polar surface area (TPSA) is 96.6 Å². The Hall–Kier alpha value is -3.74. The first-order valence-electron chi connectivity index (χ1n) is 8.34. The third kappa shape index (κ3) is 4.46. The Kier molecular flexibility index (Phi) is 5.41. The van der Waals surface area contributed by atoms with E-state index in [4.69, 9.17) is 0 Å². The van der Waals surface area contributed by atoms with Crippen molar-refractivity contribution in [3.05, 3.63) is 82.4 Å². The highest BCUT2D eigenvalue weighted by molar-refractivity contribution is 5.99. The number of carbonyl (C=O) groups excluding carboxylic acids is 1. The van der Waals surface area contributed by atoms with Crippen molar-refractivity contribution in [1.82, 2.24) is 5.43 Å². The Labute approximate surface area is 155 Å². The van der Waals surface area contributed by atoms with Crippen LogP contribution in [0.25, 0.3) is 10.8 Å². The zero-order chi connectivity index (χ0) is 19.2. The Balaban J connectivity index is 1.60. The molecule has 0 fully saturated rings. The predicted octanol–water partition coefficient (Wildman–Crippen LogP) is 3.70. The van der Waals surface area contributed by atoms with Crippen molar-refractivity contribution in [2.45, 2.75) is 6.92 Å². The van der Waals surface area contributed by atoms with Crippen LogP contribution in [-0.4, -0.2) is 23.1 Å². The molecule has 0 spiro atoms. The average molecular weight is 362 g/mol. The van der Waals surface area contributed by atoms with Crippen LogP contribution in [0.2, 0.25) is 0 Å². The number of amides is 1. The van der Waals surface area contributed by atoms with Gasteiger partial charge < -0.3 is 5.32 Å². The second-order valence-electron chi connectivity index (χ2n) is 5.92. The number of benzene rings is 3. The number of non-ortho nitro benzene ring substituents is 1. The van der Waals surface area contributed by atoms with Crippen molar-refractivity contribution in [2.24, 2.45) is 5.10 Å². The molecule has 0 radical (unpaired) electrons. The molecule has 1 amide bonds. The Bertz CT molecular complexity index is 1010. The first kappa shape index (κ1) is 18.1. The zero-order valence-electron chi connectivity index (χ0n) is 14.7. The van der Waals surface area contributed by atoms with Gasteiger partial charge in [0, 0.05) is 23.2 Å². The van der Waals surface area contributed by atoms with Gasteiger partial charge in [-0.3, -0.25) is 14.9 Å². The van der Waals surface area contributed by atoms with E-state index in [-0.39, 0.29) is 18.1 Å². The van der Waals surface area contributed by atoms with Gasteiger partial charge in [-0.05, 0) is 36.1 Å². The zero-order valence-corrected chi connectivity index (χ0v) is 14.7. The minimum Gasteiger partial charge on any atom is -0.376 e. The number of hydrogen-bond donors (Lipinski definition) is 2. The smallest absolute Gasteiger partial charge is 0.269 e. The fourth-order valence-corrected chi connectivity index (χ4v) is 2.63. The molecular formula is C20H18N4O3. The normalized spacial score (nSPS) is 11.2. The van der Waals surface area contributed by atoms with Gasteiger partial charge in [-0.25, -0.2) is 5.43 Å². The summed E-state index contributed by atoms with van der Waals surface area (Å²) in [6, 6.07) is 19.8. The van der Waals surface area contributed by atoms with E-state index in [1.807, 2.05) is 42.5 Å².